The van der Waals surface area contributed by atoms with Gasteiger partial charge in [0.25, 0.3) is 0 Å². The maximum absolute atomic E-state index is 12.0. The number of hydrogen-bond donors (Lipinski definition) is 2. The number of carbonyl (C=O) groups is 1. The van der Waals surface area contributed by atoms with E-state index < -0.39 is 6.04 Å². The fourth-order valence-corrected chi connectivity index (χ4v) is 1.92. The maximum atomic E-state index is 12.0. The van der Waals surface area contributed by atoms with Crippen molar-refractivity contribution in [2.24, 2.45) is 11.7 Å². The quantitative estimate of drug-likeness (QED) is 0.874. The first-order valence-corrected chi connectivity index (χ1v) is 6.63. The van der Waals surface area contributed by atoms with Gasteiger partial charge < -0.3 is 15.8 Å². The maximum Gasteiger partial charge on any atom is 0.241 e. The summed E-state index contributed by atoms with van der Waals surface area (Å²) in [5, 5.41) is 3.39. The Balaban J connectivity index is 2.87. The molecule has 0 aliphatic heterocycles. The van der Waals surface area contributed by atoms with Crippen LogP contribution in [-0.2, 0) is 4.79 Å². The highest BCUT2D eigenvalue weighted by Crippen LogP contribution is 2.31. The molecular weight excluding hydrogens is 264 g/mol. The Morgan fingerprint density at radius 1 is 1.47 bits per heavy atom. The summed E-state index contributed by atoms with van der Waals surface area (Å²) in [7, 11) is 1.53. The molecule has 1 amide bonds. The molecule has 0 aliphatic rings. The molecule has 0 aromatic heterocycles. The first-order valence-electron chi connectivity index (χ1n) is 6.25. The first-order chi connectivity index (χ1) is 8.85. The molecule has 106 valence electrons. The highest BCUT2D eigenvalue weighted by molar-refractivity contribution is 6.31. The Labute approximate surface area is 119 Å². The van der Waals surface area contributed by atoms with E-state index in [0.29, 0.717) is 28.8 Å². The summed E-state index contributed by atoms with van der Waals surface area (Å²) in [6.45, 7) is 5.92. The van der Waals surface area contributed by atoms with Crippen LogP contribution in [0.25, 0.3) is 0 Å². The Bertz CT molecular complexity index is 461. The molecule has 1 atom stereocenters. The lowest BCUT2D eigenvalue weighted by Gasteiger charge is -2.16. The van der Waals surface area contributed by atoms with Crippen LogP contribution in [0.15, 0.2) is 12.1 Å². The van der Waals surface area contributed by atoms with Gasteiger partial charge in [-0.3, -0.25) is 4.79 Å². The van der Waals surface area contributed by atoms with Crippen molar-refractivity contribution in [3.8, 4) is 5.75 Å². The Kier molecular flexibility index (Phi) is 5.63. The number of ether oxygens (including phenoxy) is 1. The van der Waals surface area contributed by atoms with Crippen LogP contribution >= 0.6 is 11.6 Å². The summed E-state index contributed by atoms with van der Waals surface area (Å²) in [6.07, 6.45) is 0.640. The molecule has 5 heteroatoms. The zero-order valence-electron chi connectivity index (χ0n) is 11.8. The standard InChI is InChI=1S/C14H21ClN2O2/c1-8(2)5-11(16)14(18)17-12-6-9(3)10(15)7-13(12)19-4/h6-8,11H,5,16H2,1-4H3,(H,17,18)/t11-/m1/s1. The van der Waals surface area contributed by atoms with E-state index in [9.17, 15) is 4.79 Å². The van der Waals surface area contributed by atoms with Crippen molar-refractivity contribution in [3.63, 3.8) is 0 Å². The Morgan fingerprint density at radius 2 is 2.11 bits per heavy atom. The van der Waals surface area contributed by atoms with Crippen LogP contribution in [0.5, 0.6) is 5.75 Å². The molecule has 0 unspecified atom stereocenters. The summed E-state index contributed by atoms with van der Waals surface area (Å²) in [5.41, 5.74) is 7.31. The number of carbonyl (C=O) groups excluding carboxylic acids is 1. The fourth-order valence-electron chi connectivity index (χ4n) is 1.77. The molecule has 0 bridgehead atoms. The van der Waals surface area contributed by atoms with Gasteiger partial charge in [0, 0.05) is 11.1 Å². The van der Waals surface area contributed by atoms with Gasteiger partial charge in [-0.15, -0.1) is 0 Å². The second-order valence-electron chi connectivity index (χ2n) is 5.03. The molecule has 0 heterocycles. The average molecular weight is 285 g/mol. The van der Waals surface area contributed by atoms with Crippen LogP contribution in [0.1, 0.15) is 25.8 Å². The van der Waals surface area contributed by atoms with E-state index in [2.05, 4.69) is 5.32 Å². The number of nitrogens with two attached hydrogens (primary N) is 1. The molecule has 0 saturated heterocycles. The van der Waals surface area contributed by atoms with Gasteiger partial charge in [0.05, 0.1) is 18.8 Å². The number of halogens is 1. The molecule has 0 aliphatic carbocycles. The third-order valence-electron chi connectivity index (χ3n) is 2.80. The third-order valence-corrected chi connectivity index (χ3v) is 3.21. The van der Waals surface area contributed by atoms with Gasteiger partial charge in [-0.25, -0.2) is 0 Å². The fraction of sp³-hybridized carbons (Fsp3) is 0.500. The first kappa shape index (κ1) is 15.8. The zero-order chi connectivity index (χ0) is 14.6. The number of aryl methyl sites for hydroxylation is 1. The van der Waals surface area contributed by atoms with Gasteiger partial charge in [-0.2, -0.15) is 0 Å². The van der Waals surface area contributed by atoms with Crippen molar-refractivity contribution in [1.82, 2.24) is 0 Å². The highest BCUT2D eigenvalue weighted by atomic mass is 35.5. The number of methoxy groups -OCH3 is 1. The normalized spacial score (nSPS) is 12.4. The SMILES string of the molecule is COc1cc(Cl)c(C)cc1NC(=O)[C@H](N)CC(C)C. The molecule has 0 radical (unpaired) electrons. The highest BCUT2D eigenvalue weighted by Gasteiger charge is 2.17. The van der Waals surface area contributed by atoms with Crippen molar-refractivity contribution in [1.29, 1.82) is 0 Å². The summed E-state index contributed by atoms with van der Waals surface area (Å²) < 4.78 is 5.20. The predicted molar refractivity (Wildman–Crippen MR) is 78.8 cm³/mol. The lowest BCUT2D eigenvalue weighted by atomic mass is 10.0. The molecule has 0 fully saturated rings. The van der Waals surface area contributed by atoms with Gasteiger partial charge in [0.2, 0.25) is 5.91 Å². The summed E-state index contributed by atoms with van der Waals surface area (Å²) in [6, 6.07) is 2.93. The van der Waals surface area contributed by atoms with Crippen molar-refractivity contribution in [2.75, 3.05) is 12.4 Å². The van der Waals surface area contributed by atoms with Gasteiger partial charge in [0.1, 0.15) is 5.75 Å². The number of anilines is 1. The second kappa shape index (κ2) is 6.78. The Morgan fingerprint density at radius 3 is 2.63 bits per heavy atom. The van der Waals surface area contributed by atoms with Crippen LogP contribution in [0.4, 0.5) is 5.69 Å². The van der Waals surface area contributed by atoms with E-state index in [1.807, 2.05) is 20.8 Å². The number of benzene rings is 1. The largest absolute Gasteiger partial charge is 0.495 e. The van der Waals surface area contributed by atoms with Gasteiger partial charge >= 0.3 is 0 Å². The molecule has 1 aromatic carbocycles. The molecule has 3 N–H and O–H groups in total. The molecule has 0 spiro atoms. The van der Waals surface area contributed by atoms with E-state index in [4.69, 9.17) is 22.1 Å². The average Bonchev–Trinajstić information content (AvgIpc) is 2.32. The summed E-state index contributed by atoms with van der Waals surface area (Å²) in [4.78, 5) is 12.0. The number of amides is 1. The van der Waals surface area contributed by atoms with E-state index in [-0.39, 0.29) is 5.91 Å². The number of nitrogens with one attached hydrogen (secondary N) is 1. The summed E-state index contributed by atoms with van der Waals surface area (Å²) >= 11 is 6.02. The van der Waals surface area contributed by atoms with Crippen molar-refractivity contribution < 1.29 is 9.53 Å². The molecule has 19 heavy (non-hydrogen) atoms. The molecule has 0 saturated carbocycles. The van der Waals surface area contributed by atoms with E-state index in [0.717, 1.165) is 5.56 Å². The number of hydrogen-bond acceptors (Lipinski definition) is 3. The van der Waals surface area contributed by atoms with Crippen molar-refractivity contribution in [3.05, 3.63) is 22.7 Å². The zero-order valence-corrected chi connectivity index (χ0v) is 12.5. The topological polar surface area (TPSA) is 64.3 Å². The lowest BCUT2D eigenvalue weighted by molar-refractivity contribution is -0.117. The van der Waals surface area contributed by atoms with Crippen LogP contribution in [0, 0.1) is 12.8 Å². The van der Waals surface area contributed by atoms with E-state index >= 15 is 0 Å². The van der Waals surface area contributed by atoms with Crippen molar-refractivity contribution in [2.45, 2.75) is 33.2 Å². The minimum Gasteiger partial charge on any atom is -0.495 e. The number of rotatable bonds is 5. The monoisotopic (exact) mass is 284 g/mol. The van der Waals surface area contributed by atoms with Crippen LogP contribution in [0.3, 0.4) is 0 Å². The minimum absolute atomic E-state index is 0.214. The van der Waals surface area contributed by atoms with Crippen LogP contribution in [-0.4, -0.2) is 19.1 Å². The molecular formula is C14H21ClN2O2. The van der Waals surface area contributed by atoms with E-state index in [1.165, 1.54) is 7.11 Å². The lowest BCUT2D eigenvalue weighted by Crippen LogP contribution is -2.36. The molecule has 1 rings (SSSR count). The molecule has 1 aromatic rings. The van der Waals surface area contributed by atoms with E-state index in [1.54, 1.807) is 12.1 Å². The third kappa shape index (κ3) is 4.40. The molecule has 4 nitrogen and oxygen atoms in total. The van der Waals surface area contributed by atoms with Gasteiger partial charge in [-0.05, 0) is 30.9 Å². The second-order valence-corrected chi connectivity index (χ2v) is 5.43. The van der Waals surface area contributed by atoms with Crippen molar-refractivity contribution >= 4 is 23.2 Å². The van der Waals surface area contributed by atoms with Gasteiger partial charge in [-0.1, -0.05) is 25.4 Å². The van der Waals surface area contributed by atoms with Crippen LogP contribution in [0.2, 0.25) is 5.02 Å². The minimum atomic E-state index is -0.527. The smallest absolute Gasteiger partial charge is 0.241 e. The van der Waals surface area contributed by atoms with Gasteiger partial charge in [0.15, 0.2) is 0 Å². The van der Waals surface area contributed by atoms with Crippen LogP contribution < -0.4 is 15.8 Å². The predicted octanol–water partition coefficient (Wildman–Crippen LogP) is 2.97. The Hall–Kier alpha value is -1.26. The summed E-state index contributed by atoms with van der Waals surface area (Å²) in [5.74, 6) is 0.684.